The molecule has 6 heteroatoms. The lowest BCUT2D eigenvalue weighted by molar-refractivity contribution is -0.120. The number of amides is 1. The third-order valence-electron chi connectivity index (χ3n) is 3.27. The number of likely N-dealkylation sites (N-methyl/N-ethyl adjacent to an activating group) is 1. The molecule has 0 aliphatic rings. The molecule has 0 spiro atoms. The van der Waals surface area contributed by atoms with Crippen LogP contribution in [0, 0.1) is 12.7 Å². The Balaban J connectivity index is 3.18. The van der Waals surface area contributed by atoms with E-state index in [0.717, 1.165) is 6.07 Å². The molecule has 1 rings (SSSR count). The fourth-order valence-corrected chi connectivity index (χ4v) is 2.17. The van der Waals surface area contributed by atoms with E-state index >= 15 is 0 Å². The number of ether oxygens (including phenoxy) is 1. The minimum atomic E-state index is -0.689. The molecule has 0 aliphatic heterocycles. The predicted molar refractivity (Wildman–Crippen MR) is 78.9 cm³/mol. The van der Waals surface area contributed by atoms with Gasteiger partial charge in [0.15, 0.2) is 0 Å². The number of nitrogens with zero attached hydrogens (tertiary/aromatic N) is 1. The maximum Gasteiger partial charge on any atom is 0.340 e. The molecule has 1 atom stereocenters. The molecular formula is C15H21FN2O3. The molecular weight excluding hydrogens is 275 g/mol. The topological polar surface area (TPSA) is 58.6 Å². The van der Waals surface area contributed by atoms with Gasteiger partial charge in [-0.05, 0) is 45.1 Å². The second kappa shape index (κ2) is 7.17. The normalized spacial score (nSPS) is 12.1. The zero-order valence-electron chi connectivity index (χ0n) is 13.0. The largest absolute Gasteiger partial charge is 0.465 e. The summed E-state index contributed by atoms with van der Waals surface area (Å²) in [5, 5.41) is 2.71. The molecule has 0 aliphatic carbocycles. The van der Waals surface area contributed by atoms with Gasteiger partial charge in [-0.25, -0.2) is 9.18 Å². The molecule has 0 heterocycles. The smallest absolute Gasteiger partial charge is 0.340 e. The number of rotatable bonds is 5. The van der Waals surface area contributed by atoms with E-state index in [-0.39, 0.29) is 23.2 Å². The number of aryl methyl sites for hydroxylation is 1. The van der Waals surface area contributed by atoms with Crippen LogP contribution in [-0.2, 0) is 9.53 Å². The maximum atomic E-state index is 13.5. The predicted octanol–water partition coefficient (Wildman–Crippen LogP) is 2.20. The SMILES string of the molecule is CCC(C(=O)Nc1c(C)cc(F)cc1C(=O)OC)N(C)C. The third kappa shape index (κ3) is 4.01. The van der Waals surface area contributed by atoms with Crippen molar-refractivity contribution in [3.8, 4) is 0 Å². The van der Waals surface area contributed by atoms with Gasteiger partial charge in [0.1, 0.15) is 5.82 Å². The molecule has 1 N–H and O–H groups in total. The number of hydrogen-bond acceptors (Lipinski definition) is 4. The van der Waals surface area contributed by atoms with Crippen molar-refractivity contribution < 1.29 is 18.7 Å². The van der Waals surface area contributed by atoms with Crippen molar-refractivity contribution in [2.45, 2.75) is 26.3 Å². The van der Waals surface area contributed by atoms with Crippen LogP contribution in [0.5, 0.6) is 0 Å². The molecule has 1 amide bonds. The number of nitrogens with one attached hydrogen (secondary N) is 1. The van der Waals surface area contributed by atoms with Crippen LogP contribution in [0.15, 0.2) is 12.1 Å². The van der Waals surface area contributed by atoms with Crippen molar-refractivity contribution in [2.24, 2.45) is 0 Å². The Morgan fingerprint density at radius 3 is 2.48 bits per heavy atom. The van der Waals surface area contributed by atoms with Crippen LogP contribution in [0.25, 0.3) is 0 Å². The summed E-state index contributed by atoms with van der Waals surface area (Å²) < 4.78 is 18.1. The lowest BCUT2D eigenvalue weighted by atomic mass is 10.1. The summed E-state index contributed by atoms with van der Waals surface area (Å²) in [5.41, 5.74) is 0.767. The summed E-state index contributed by atoms with van der Waals surface area (Å²) in [4.78, 5) is 25.8. The van der Waals surface area contributed by atoms with Crippen LogP contribution in [0.4, 0.5) is 10.1 Å². The van der Waals surface area contributed by atoms with E-state index in [0.29, 0.717) is 12.0 Å². The average molecular weight is 296 g/mol. The van der Waals surface area contributed by atoms with E-state index in [1.165, 1.54) is 13.2 Å². The van der Waals surface area contributed by atoms with Crippen LogP contribution < -0.4 is 5.32 Å². The Morgan fingerprint density at radius 2 is 2.00 bits per heavy atom. The van der Waals surface area contributed by atoms with Gasteiger partial charge in [0, 0.05) is 0 Å². The summed E-state index contributed by atoms with van der Waals surface area (Å²) in [7, 11) is 4.81. The number of carbonyl (C=O) groups is 2. The van der Waals surface area contributed by atoms with Crippen molar-refractivity contribution in [1.29, 1.82) is 0 Å². The molecule has 0 saturated heterocycles. The quantitative estimate of drug-likeness (QED) is 0.846. The monoisotopic (exact) mass is 296 g/mol. The van der Waals surface area contributed by atoms with Gasteiger partial charge in [0.25, 0.3) is 0 Å². The molecule has 116 valence electrons. The van der Waals surface area contributed by atoms with E-state index < -0.39 is 11.8 Å². The molecule has 5 nitrogen and oxygen atoms in total. The molecule has 21 heavy (non-hydrogen) atoms. The number of halogens is 1. The van der Waals surface area contributed by atoms with E-state index in [2.05, 4.69) is 10.1 Å². The summed E-state index contributed by atoms with van der Waals surface area (Å²) >= 11 is 0. The standard InChI is InChI=1S/C15H21FN2O3/c1-6-12(18(3)4)14(19)17-13-9(2)7-10(16)8-11(13)15(20)21-5/h7-8,12H,6H2,1-5H3,(H,17,19). The highest BCUT2D eigenvalue weighted by atomic mass is 19.1. The number of hydrogen-bond donors (Lipinski definition) is 1. The molecule has 1 aromatic carbocycles. The fraction of sp³-hybridized carbons (Fsp3) is 0.467. The van der Waals surface area contributed by atoms with Gasteiger partial charge in [-0.1, -0.05) is 6.92 Å². The van der Waals surface area contributed by atoms with Crippen molar-refractivity contribution in [3.05, 3.63) is 29.1 Å². The number of anilines is 1. The molecule has 0 radical (unpaired) electrons. The van der Waals surface area contributed by atoms with Crippen LogP contribution in [-0.4, -0.2) is 44.0 Å². The van der Waals surface area contributed by atoms with Gasteiger partial charge < -0.3 is 10.1 Å². The Kier molecular flexibility index (Phi) is 5.84. The van der Waals surface area contributed by atoms with Crippen LogP contribution in [0.3, 0.4) is 0 Å². The second-order valence-electron chi connectivity index (χ2n) is 5.01. The van der Waals surface area contributed by atoms with Gasteiger partial charge in [0.05, 0.1) is 24.4 Å². The molecule has 0 saturated carbocycles. The van der Waals surface area contributed by atoms with Gasteiger partial charge in [0.2, 0.25) is 5.91 Å². The highest BCUT2D eigenvalue weighted by Crippen LogP contribution is 2.24. The Morgan fingerprint density at radius 1 is 1.38 bits per heavy atom. The van der Waals surface area contributed by atoms with Crippen LogP contribution in [0.2, 0.25) is 0 Å². The Hall–Kier alpha value is -1.95. The maximum absolute atomic E-state index is 13.5. The lowest BCUT2D eigenvalue weighted by Gasteiger charge is -2.23. The average Bonchev–Trinajstić information content (AvgIpc) is 2.40. The molecule has 1 aromatic rings. The van der Waals surface area contributed by atoms with E-state index in [4.69, 9.17) is 0 Å². The number of esters is 1. The third-order valence-corrected chi connectivity index (χ3v) is 3.27. The van der Waals surface area contributed by atoms with E-state index in [1.54, 1.807) is 25.9 Å². The van der Waals surface area contributed by atoms with Gasteiger partial charge in [-0.3, -0.25) is 9.69 Å². The van der Waals surface area contributed by atoms with Crippen molar-refractivity contribution in [1.82, 2.24) is 4.90 Å². The zero-order valence-corrected chi connectivity index (χ0v) is 13.0. The number of methoxy groups -OCH3 is 1. The first kappa shape index (κ1) is 17.1. The fourth-order valence-electron chi connectivity index (χ4n) is 2.17. The first-order chi connectivity index (χ1) is 9.81. The van der Waals surface area contributed by atoms with Gasteiger partial charge >= 0.3 is 5.97 Å². The highest BCUT2D eigenvalue weighted by molar-refractivity contribution is 6.03. The molecule has 1 unspecified atom stereocenters. The number of benzene rings is 1. The summed E-state index contributed by atoms with van der Waals surface area (Å²) in [6, 6.07) is 1.99. The highest BCUT2D eigenvalue weighted by Gasteiger charge is 2.23. The Labute approximate surface area is 124 Å². The van der Waals surface area contributed by atoms with E-state index in [9.17, 15) is 14.0 Å². The zero-order chi connectivity index (χ0) is 16.2. The second-order valence-corrected chi connectivity index (χ2v) is 5.01. The van der Waals surface area contributed by atoms with Crippen LogP contribution >= 0.6 is 0 Å². The minimum absolute atomic E-state index is 0.0111. The number of carbonyl (C=O) groups excluding carboxylic acids is 2. The summed E-state index contributed by atoms with van der Waals surface area (Å²) in [6.07, 6.45) is 0.618. The van der Waals surface area contributed by atoms with E-state index in [1.807, 2.05) is 6.92 Å². The van der Waals surface area contributed by atoms with Crippen molar-refractivity contribution >= 4 is 17.6 Å². The van der Waals surface area contributed by atoms with Gasteiger partial charge in [-0.2, -0.15) is 0 Å². The summed E-state index contributed by atoms with van der Waals surface area (Å²) in [6.45, 7) is 3.52. The van der Waals surface area contributed by atoms with Crippen molar-refractivity contribution in [2.75, 3.05) is 26.5 Å². The Bertz CT molecular complexity index is 544. The summed E-state index contributed by atoms with van der Waals surface area (Å²) in [5.74, 6) is -1.49. The first-order valence-corrected chi connectivity index (χ1v) is 6.67. The van der Waals surface area contributed by atoms with Gasteiger partial charge in [-0.15, -0.1) is 0 Å². The first-order valence-electron chi connectivity index (χ1n) is 6.67. The minimum Gasteiger partial charge on any atom is -0.465 e. The van der Waals surface area contributed by atoms with Crippen LogP contribution in [0.1, 0.15) is 29.3 Å². The molecule has 0 aromatic heterocycles. The lowest BCUT2D eigenvalue weighted by Crippen LogP contribution is -2.39. The van der Waals surface area contributed by atoms with Crippen molar-refractivity contribution in [3.63, 3.8) is 0 Å². The molecule has 0 fully saturated rings. The molecule has 0 bridgehead atoms.